The van der Waals surface area contributed by atoms with Crippen LogP contribution in [0.25, 0.3) is 0 Å². The summed E-state index contributed by atoms with van der Waals surface area (Å²) in [4.78, 5) is 0. The molecule has 0 heterocycles. The molecule has 0 N–H and O–H groups in total. The maximum Gasteiger partial charge on any atom is 0.200 e. The Balaban J connectivity index is 5.52. The number of unbranched alkanes of at least 4 members (excludes halogenated alkanes) is 1. The third-order valence-electron chi connectivity index (χ3n) is 5.32. The van der Waals surface area contributed by atoms with E-state index < -0.39 is 8.32 Å². The summed E-state index contributed by atoms with van der Waals surface area (Å²) in [7, 11) is -1.82. The quantitative estimate of drug-likeness (QED) is 0.288. The highest BCUT2D eigenvalue weighted by molar-refractivity contribution is 6.77. The number of hydrogen-bond donors (Lipinski definition) is 0. The minimum absolute atomic E-state index is 0.322. The van der Waals surface area contributed by atoms with Gasteiger partial charge in [0.05, 0.1) is 6.10 Å². The molecular formula is C20H42OSi. The predicted octanol–water partition coefficient (Wildman–Crippen LogP) is 7.20. The van der Waals surface area contributed by atoms with Gasteiger partial charge in [-0.15, -0.1) is 6.58 Å². The molecule has 2 heteroatoms. The molecule has 1 nitrogen and oxygen atoms in total. The summed E-state index contributed by atoms with van der Waals surface area (Å²) in [6.07, 6.45) is 6.20. The Morgan fingerprint density at radius 2 is 1.36 bits per heavy atom. The third kappa shape index (κ3) is 5.23. The van der Waals surface area contributed by atoms with Crippen molar-refractivity contribution in [2.24, 2.45) is 11.8 Å². The molecule has 0 rings (SSSR count). The average molecular weight is 327 g/mol. The molecule has 0 aliphatic heterocycles. The fourth-order valence-electron chi connectivity index (χ4n) is 4.22. The zero-order valence-corrected chi connectivity index (χ0v) is 17.8. The molecule has 0 fully saturated rings. The van der Waals surface area contributed by atoms with Crippen LogP contribution in [-0.4, -0.2) is 14.4 Å². The van der Waals surface area contributed by atoms with Crippen LogP contribution in [0.5, 0.6) is 0 Å². The fraction of sp³-hybridized carbons (Fsp3) is 0.900. The van der Waals surface area contributed by atoms with E-state index in [0.29, 0.717) is 34.6 Å². The predicted molar refractivity (Wildman–Crippen MR) is 104 cm³/mol. The van der Waals surface area contributed by atoms with Crippen LogP contribution in [0.15, 0.2) is 12.7 Å². The third-order valence-corrected chi connectivity index (χ3v) is 11.4. The highest BCUT2D eigenvalue weighted by Gasteiger charge is 2.47. The second-order valence-corrected chi connectivity index (χ2v) is 13.6. The Labute approximate surface area is 142 Å². The highest BCUT2D eigenvalue weighted by Crippen LogP contribution is 2.44. The lowest BCUT2D eigenvalue weighted by atomic mass is 9.89. The van der Waals surface area contributed by atoms with Gasteiger partial charge in [0.15, 0.2) is 0 Å². The first kappa shape index (κ1) is 21.9. The van der Waals surface area contributed by atoms with Gasteiger partial charge in [0.2, 0.25) is 8.32 Å². The van der Waals surface area contributed by atoms with Crippen LogP contribution in [0.3, 0.4) is 0 Å². The van der Waals surface area contributed by atoms with Gasteiger partial charge < -0.3 is 4.43 Å². The first-order chi connectivity index (χ1) is 10.1. The Hall–Kier alpha value is -0.0831. The molecular weight excluding hydrogens is 284 g/mol. The first-order valence-corrected chi connectivity index (χ1v) is 11.6. The summed E-state index contributed by atoms with van der Waals surface area (Å²) in [5, 5.41) is 0. The number of rotatable bonds is 11. The Morgan fingerprint density at radius 1 is 0.909 bits per heavy atom. The Morgan fingerprint density at radius 3 is 1.64 bits per heavy atom. The molecule has 0 aromatic rings. The molecule has 0 saturated heterocycles. The first-order valence-electron chi connectivity index (χ1n) is 9.45. The van der Waals surface area contributed by atoms with E-state index in [4.69, 9.17) is 4.43 Å². The van der Waals surface area contributed by atoms with Gasteiger partial charge in [-0.2, -0.15) is 0 Å². The standard InChI is InChI=1S/C20H42OSi/c1-11-13-14-19(12-2)20(15(3)4)21-22(16(5)6,17(7)8)18(9)10/h12,15-20H,2,11,13-14H2,1,3-10H3/t19-,20-/m0/s1. The van der Waals surface area contributed by atoms with Crippen molar-refractivity contribution in [1.82, 2.24) is 0 Å². The van der Waals surface area contributed by atoms with Crippen LogP contribution in [0.4, 0.5) is 0 Å². The van der Waals surface area contributed by atoms with Crippen LogP contribution in [0.2, 0.25) is 16.6 Å². The molecule has 0 bridgehead atoms. The topological polar surface area (TPSA) is 9.23 Å². The summed E-state index contributed by atoms with van der Waals surface area (Å²) in [6, 6.07) is 0. The van der Waals surface area contributed by atoms with E-state index in [1.165, 1.54) is 19.3 Å². The van der Waals surface area contributed by atoms with E-state index in [0.717, 1.165) is 0 Å². The lowest BCUT2D eigenvalue weighted by molar-refractivity contribution is 0.0846. The molecule has 2 atom stereocenters. The zero-order chi connectivity index (χ0) is 17.5. The summed E-state index contributed by atoms with van der Waals surface area (Å²) in [5.74, 6) is 1.03. The van der Waals surface area contributed by atoms with Gasteiger partial charge in [0.25, 0.3) is 0 Å². The lowest BCUT2D eigenvalue weighted by Crippen LogP contribution is -2.52. The van der Waals surface area contributed by atoms with Crippen molar-refractivity contribution in [3.8, 4) is 0 Å². The second-order valence-electron chi connectivity index (χ2n) is 8.19. The highest BCUT2D eigenvalue weighted by atomic mass is 28.4. The molecule has 0 aromatic heterocycles. The van der Waals surface area contributed by atoms with E-state index in [1.807, 2.05) is 0 Å². The average Bonchev–Trinajstić information content (AvgIpc) is 2.40. The second kappa shape index (κ2) is 9.92. The van der Waals surface area contributed by atoms with E-state index >= 15 is 0 Å². The van der Waals surface area contributed by atoms with Crippen molar-refractivity contribution in [3.63, 3.8) is 0 Å². The van der Waals surface area contributed by atoms with Gasteiger partial charge in [-0.05, 0) is 29.0 Å². The van der Waals surface area contributed by atoms with Crippen LogP contribution in [-0.2, 0) is 4.43 Å². The Bertz CT molecular complexity index is 285. The van der Waals surface area contributed by atoms with Gasteiger partial charge in [-0.1, -0.05) is 81.2 Å². The van der Waals surface area contributed by atoms with Crippen LogP contribution in [0, 0.1) is 11.8 Å². The van der Waals surface area contributed by atoms with Crippen LogP contribution >= 0.6 is 0 Å². The lowest BCUT2D eigenvalue weighted by Gasteiger charge is -2.47. The van der Waals surface area contributed by atoms with Crippen molar-refractivity contribution in [2.75, 3.05) is 0 Å². The molecule has 0 aliphatic carbocycles. The fourth-order valence-corrected chi connectivity index (χ4v) is 9.95. The molecule has 0 aliphatic rings. The summed E-state index contributed by atoms with van der Waals surface area (Å²) in [5.41, 5.74) is 1.93. The minimum Gasteiger partial charge on any atom is -0.412 e. The maximum atomic E-state index is 7.10. The van der Waals surface area contributed by atoms with E-state index in [-0.39, 0.29) is 0 Å². The van der Waals surface area contributed by atoms with E-state index in [1.54, 1.807) is 0 Å². The zero-order valence-electron chi connectivity index (χ0n) is 16.8. The maximum absolute atomic E-state index is 7.10. The number of hydrogen-bond acceptors (Lipinski definition) is 1. The van der Waals surface area contributed by atoms with Gasteiger partial charge >= 0.3 is 0 Å². The normalized spacial score (nSPS) is 15.9. The molecule has 0 spiro atoms. The molecule has 0 saturated carbocycles. The van der Waals surface area contributed by atoms with E-state index in [2.05, 4.69) is 75.0 Å². The van der Waals surface area contributed by atoms with E-state index in [9.17, 15) is 0 Å². The summed E-state index contributed by atoms with van der Waals surface area (Å²) in [6.45, 7) is 25.2. The van der Waals surface area contributed by atoms with Crippen molar-refractivity contribution >= 4 is 8.32 Å². The molecule has 0 amide bonds. The largest absolute Gasteiger partial charge is 0.412 e. The SMILES string of the molecule is C=C[C@@H](CCCC)[C@@H](O[Si](C(C)C)(C(C)C)C(C)C)C(C)C. The van der Waals surface area contributed by atoms with Crippen LogP contribution in [0.1, 0.15) is 81.6 Å². The van der Waals surface area contributed by atoms with Gasteiger partial charge in [0.1, 0.15) is 0 Å². The van der Waals surface area contributed by atoms with Crippen LogP contribution < -0.4 is 0 Å². The molecule has 0 unspecified atom stereocenters. The smallest absolute Gasteiger partial charge is 0.200 e. The summed E-state index contributed by atoms with van der Waals surface area (Å²) < 4.78 is 7.10. The Kier molecular flexibility index (Phi) is 9.89. The monoisotopic (exact) mass is 326 g/mol. The summed E-state index contributed by atoms with van der Waals surface area (Å²) >= 11 is 0. The van der Waals surface area contributed by atoms with Crippen molar-refractivity contribution in [2.45, 2.75) is 104 Å². The molecule has 0 radical (unpaired) electrons. The van der Waals surface area contributed by atoms with Crippen molar-refractivity contribution in [3.05, 3.63) is 12.7 Å². The van der Waals surface area contributed by atoms with Crippen molar-refractivity contribution in [1.29, 1.82) is 0 Å². The molecule has 22 heavy (non-hydrogen) atoms. The van der Waals surface area contributed by atoms with Gasteiger partial charge in [0, 0.05) is 5.92 Å². The molecule has 132 valence electrons. The molecule has 0 aromatic carbocycles. The van der Waals surface area contributed by atoms with Gasteiger partial charge in [-0.3, -0.25) is 0 Å². The minimum atomic E-state index is -1.82. The van der Waals surface area contributed by atoms with Gasteiger partial charge in [-0.25, -0.2) is 0 Å². The van der Waals surface area contributed by atoms with Crippen molar-refractivity contribution < 1.29 is 4.43 Å².